The van der Waals surface area contributed by atoms with Crippen LogP contribution in [0, 0.1) is 6.92 Å². The molecule has 0 aliphatic rings. The van der Waals surface area contributed by atoms with Gasteiger partial charge in [0, 0.05) is 6.54 Å². The van der Waals surface area contributed by atoms with Crippen molar-refractivity contribution in [1.82, 2.24) is 24.1 Å². The van der Waals surface area contributed by atoms with E-state index in [1.165, 1.54) is 23.3 Å². The molecular weight excluding hydrogens is 294 g/mol. The van der Waals surface area contributed by atoms with Gasteiger partial charge in [0.2, 0.25) is 5.82 Å². The number of rotatable bonds is 5. The highest BCUT2D eigenvalue weighted by molar-refractivity contribution is 8.00. The lowest BCUT2D eigenvalue weighted by atomic mass is 10.4. The molecule has 0 bridgehead atoms. The molecule has 0 saturated carbocycles. The zero-order chi connectivity index (χ0) is 13.9. The molecule has 20 heavy (non-hydrogen) atoms. The lowest BCUT2D eigenvalue weighted by molar-refractivity contribution is 0.569. The number of hydrogen-bond acceptors (Lipinski definition) is 7. The second-order valence-corrected chi connectivity index (χ2v) is 5.86. The second kappa shape index (κ2) is 5.59. The molecule has 8 heteroatoms. The van der Waals surface area contributed by atoms with Crippen molar-refractivity contribution >= 4 is 23.3 Å². The molecule has 0 radical (unpaired) electrons. The van der Waals surface area contributed by atoms with E-state index in [0.29, 0.717) is 18.1 Å². The van der Waals surface area contributed by atoms with Gasteiger partial charge in [0.25, 0.3) is 0 Å². The lowest BCUT2D eigenvalue weighted by Gasteiger charge is -2.04. The molecule has 0 aromatic carbocycles. The topological polar surface area (TPSA) is 69.6 Å². The van der Waals surface area contributed by atoms with Crippen molar-refractivity contribution < 1.29 is 4.42 Å². The first-order chi connectivity index (χ1) is 9.78. The Morgan fingerprint density at radius 3 is 3.05 bits per heavy atom. The molecule has 3 aromatic heterocycles. The molecule has 0 spiro atoms. The van der Waals surface area contributed by atoms with Crippen LogP contribution in [-0.2, 0) is 6.54 Å². The van der Waals surface area contributed by atoms with Gasteiger partial charge in [0.1, 0.15) is 5.82 Å². The number of hydrogen-bond donors (Lipinski definition) is 0. The highest BCUT2D eigenvalue weighted by Gasteiger charge is 2.17. The van der Waals surface area contributed by atoms with Gasteiger partial charge in [-0.2, -0.15) is 4.37 Å². The quantitative estimate of drug-likeness (QED) is 0.675. The fraction of sp³-hybridized carbons (Fsp3) is 0.167. The molecule has 0 aliphatic carbocycles. The van der Waals surface area contributed by atoms with Crippen LogP contribution >= 0.6 is 23.3 Å². The Balaban J connectivity index is 1.96. The summed E-state index contributed by atoms with van der Waals surface area (Å²) in [6.45, 7) is 6.23. The molecule has 3 aromatic rings. The lowest BCUT2D eigenvalue weighted by Crippen LogP contribution is -1.99. The van der Waals surface area contributed by atoms with Crippen LogP contribution in [0.2, 0.25) is 0 Å². The van der Waals surface area contributed by atoms with E-state index < -0.39 is 0 Å². The Labute approximate surface area is 123 Å². The molecule has 0 atom stereocenters. The monoisotopic (exact) mass is 305 g/mol. The van der Waals surface area contributed by atoms with Crippen LogP contribution in [0.15, 0.2) is 45.0 Å². The second-order valence-electron chi connectivity index (χ2n) is 3.89. The van der Waals surface area contributed by atoms with Crippen LogP contribution in [0.5, 0.6) is 0 Å². The van der Waals surface area contributed by atoms with Crippen LogP contribution in [0.25, 0.3) is 11.6 Å². The van der Waals surface area contributed by atoms with E-state index in [0.717, 1.165) is 15.3 Å². The maximum absolute atomic E-state index is 5.38. The maximum Gasteiger partial charge on any atom is 0.200 e. The summed E-state index contributed by atoms with van der Waals surface area (Å²) in [5.74, 6) is 2.12. The normalized spacial score (nSPS) is 10.8. The van der Waals surface area contributed by atoms with Gasteiger partial charge in [-0.1, -0.05) is 6.08 Å². The van der Waals surface area contributed by atoms with E-state index >= 15 is 0 Å². The average molecular weight is 305 g/mol. The first-order valence-corrected chi connectivity index (χ1v) is 7.43. The summed E-state index contributed by atoms with van der Waals surface area (Å²) in [7, 11) is 0. The molecule has 0 unspecified atom stereocenters. The highest BCUT2D eigenvalue weighted by Crippen LogP contribution is 2.30. The summed E-state index contributed by atoms with van der Waals surface area (Å²) < 4.78 is 12.3. The molecule has 0 N–H and O–H groups in total. The fourth-order valence-electron chi connectivity index (χ4n) is 1.64. The Kier molecular flexibility index (Phi) is 3.66. The number of aromatic nitrogens is 5. The van der Waals surface area contributed by atoms with Crippen LogP contribution in [0.4, 0.5) is 0 Å². The van der Waals surface area contributed by atoms with Gasteiger partial charge in [0.05, 0.1) is 6.26 Å². The minimum atomic E-state index is 0.600. The van der Waals surface area contributed by atoms with Gasteiger partial charge in [-0.05, 0) is 42.4 Å². The Bertz CT molecular complexity index is 716. The van der Waals surface area contributed by atoms with Crippen LogP contribution in [0.1, 0.15) is 5.82 Å². The SMILES string of the molecule is C=CCn1c(Sc2nc(C)ns2)nnc1-c1ccco1. The van der Waals surface area contributed by atoms with Gasteiger partial charge in [0.15, 0.2) is 15.3 Å². The Morgan fingerprint density at radius 2 is 2.40 bits per heavy atom. The van der Waals surface area contributed by atoms with E-state index in [1.54, 1.807) is 12.3 Å². The van der Waals surface area contributed by atoms with Crippen molar-refractivity contribution in [3.63, 3.8) is 0 Å². The fourth-order valence-corrected chi connectivity index (χ4v) is 3.24. The molecule has 0 fully saturated rings. The van der Waals surface area contributed by atoms with Gasteiger partial charge < -0.3 is 4.42 Å². The summed E-state index contributed by atoms with van der Waals surface area (Å²) >= 11 is 2.79. The third-order valence-electron chi connectivity index (χ3n) is 2.46. The van der Waals surface area contributed by atoms with E-state index in [1.807, 2.05) is 23.6 Å². The molecule has 3 rings (SSSR count). The number of allylic oxidation sites excluding steroid dienone is 1. The molecule has 0 saturated heterocycles. The number of aryl methyl sites for hydroxylation is 1. The zero-order valence-corrected chi connectivity index (χ0v) is 12.3. The molecular formula is C12H11N5OS2. The van der Waals surface area contributed by atoms with Gasteiger partial charge in [-0.15, -0.1) is 16.8 Å². The molecule has 0 aliphatic heterocycles. The van der Waals surface area contributed by atoms with Crippen molar-refractivity contribution in [2.45, 2.75) is 23.0 Å². The molecule has 102 valence electrons. The summed E-state index contributed by atoms with van der Waals surface area (Å²) in [6, 6.07) is 3.68. The summed E-state index contributed by atoms with van der Waals surface area (Å²) in [4.78, 5) is 4.32. The van der Waals surface area contributed by atoms with Crippen molar-refractivity contribution in [3.05, 3.63) is 36.9 Å². The average Bonchev–Trinajstić information content (AvgIpc) is 3.13. The largest absolute Gasteiger partial charge is 0.461 e. The van der Waals surface area contributed by atoms with E-state index in [9.17, 15) is 0 Å². The van der Waals surface area contributed by atoms with Gasteiger partial charge >= 0.3 is 0 Å². The molecule has 0 amide bonds. The molecule has 3 heterocycles. The summed E-state index contributed by atoms with van der Waals surface area (Å²) in [5.41, 5.74) is 0. The van der Waals surface area contributed by atoms with Gasteiger partial charge in [-0.3, -0.25) is 4.57 Å². The van der Waals surface area contributed by atoms with E-state index in [-0.39, 0.29) is 0 Å². The Morgan fingerprint density at radius 1 is 1.50 bits per heavy atom. The highest BCUT2D eigenvalue weighted by atomic mass is 32.2. The summed E-state index contributed by atoms with van der Waals surface area (Å²) in [6.07, 6.45) is 3.41. The molecule has 6 nitrogen and oxygen atoms in total. The van der Waals surface area contributed by atoms with Gasteiger partial charge in [-0.25, -0.2) is 4.98 Å². The van der Waals surface area contributed by atoms with Crippen LogP contribution < -0.4 is 0 Å². The third-order valence-corrected chi connectivity index (χ3v) is 4.28. The van der Waals surface area contributed by atoms with E-state index in [4.69, 9.17) is 4.42 Å². The minimum Gasteiger partial charge on any atom is -0.461 e. The van der Waals surface area contributed by atoms with Crippen molar-refractivity contribution in [2.75, 3.05) is 0 Å². The minimum absolute atomic E-state index is 0.600. The number of nitrogens with zero attached hydrogens (tertiary/aromatic N) is 5. The van der Waals surface area contributed by atoms with Crippen LogP contribution in [0.3, 0.4) is 0 Å². The van der Waals surface area contributed by atoms with Crippen LogP contribution in [-0.4, -0.2) is 24.1 Å². The summed E-state index contributed by atoms with van der Waals surface area (Å²) in [5, 5.41) is 9.13. The van der Waals surface area contributed by atoms with Crippen molar-refractivity contribution in [2.24, 2.45) is 0 Å². The predicted molar refractivity (Wildman–Crippen MR) is 76.7 cm³/mol. The predicted octanol–water partition coefficient (Wildman–Crippen LogP) is 3.04. The van der Waals surface area contributed by atoms with Crippen molar-refractivity contribution in [3.8, 4) is 11.6 Å². The maximum atomic E-state index is 5.38. The first-order valence-electron chi connectivity index (χ1n) is 5.84. The van der Waals surface area contributed by atoms with E-state index in [2.05, 4.69) is 26.1 Å². The smallest absolute Gasteiger partial charge is 0.200 e. The van der Waals surface area contributed by atoms with Crippen molar-refractivity contribution in [1.29, 1.82) is 0 Å². The zero-order valence-electron chi connectivity index (χ0n) is 10.7. The standard InChI is InChI=1S/C12H11N5OS2/c1-3-6-17-10(9-5-4-7-18-9)14-15-11(17)19-12-13-8(2)16-20-12/h3-5,7H,1,6H2,2H3. The Hall–Kier alpha value is -1.93. The third kappa shape index (κ3) is 2.52. The number of furan rings is 1. The first kappa shape index (κ1) is 13.1.